The fraction of sp³-hybridized carbons (Fsp3) is 0.714. The van der Waals surface area contributed by atoms with Gasteiger partial charge in [0.15, 0.2) is 0 Å². The standard InChI is InChI=1S/C7H11NO3/c1-7(6(10)11-2)3-4-8-5(7)9/h3-4H2,1-2H3,(H,8,9)/t7-/m0/s1. The molecule has 0 bridgehead atoms. The van der Waals surface area contributed by atoms with Crippen molar-refractivity contribution in [1.82, 2.24) is 5.32 Å². The van der Waals surface area contributed by atoms with E-state index in [1.165, 1.54) is 7.11 Å². The number of methoxy groups -OCH3 is 1. The highest BCUT2D eigenvalue weighted by Gasteiger charge is 2.45. The summed E-state index contributed by atoms with van der Waals surface area (Å²) in [7, 11) is 1.29. The first-order valence-electron chi connectivity index (χ1n) is 3.48. The smallest absolute Gasteiger partial charge is 0.321 e. The van der Waals surface area contributed by atoms with Crippen molar-refractivity contribution in [3.63, 3.8) is 0 Å². The normalized spacial score (nSPS) is 29.8. The number of carbonyl (C=O) groups excluding carboxylic acids is 2. The van der Waals surface area contributed by atoms with Crippen LogP contribution >= 0.6 is 0 Å². The van der Waals surface area contributed by atoms with Crippen molar-refractivity contribution >= 4 is 11.9 Å². The summed E-state index contributed by atoms with van der Waals surface area (Å²) < 4.78 is 4.51. The molecule has 0 unspecified atom stereocenters. The second-order valence-corrected chi connectivity index (χ2v) is 2.83. The Labute approximate surface area is 64.9 Å². The van der Waals surface area contributed by atoms with Crippen LogP contribution in [-0.2, 0) is 14.3 Å². The van der Waals surface area contributed by atoms with E-state index < -0.39 is 11.4 Å². The van der Waals surface area contributed by atoms with Crippen molar-refractivity contribution < 1.29 is 14.3 Å². The molecule has 0 radical (unpaired) electrons. The summed E-state index contributed by atoms with van der Waals surface area (Å²) in [5.41, 5.74) is -0.950. The molecule has 4 nitrogen and oxygen atoms in total. The number of rotatable bonds is 1. The maximum Gasteiger partial charge on any atom is 0.321 e. The maximum absolute atomic E-state index is 11.1. The van der Waals surface area contributed by atoms with Gasteiger partial charge in [0.25, 0.3) is 0 Å². The summed E-state index contributed by atoms with van der Waals surface area (Å²) in [4.78, 5) is 22.1. The zero-order chi connectivity index (χ0) is 8.48. The summed E-state index contributed by atoms with van der Waals surface area (Å²) in [5.74, 6) is -0.683. The van der Waals surface area contributed by atoms with Gasteiger partial charge in [0, 0.05) is 6.54 Å². The van der Waals surface area contributed by atoms with Crippen LogP contribution < -0.4 is 5.32 Å². The van der Waals surface area contributed by atoms with Crippen LogP contribution in [0.1, 0.15) is 13.3 Å². The third-order valence-electron chi connectivity index (χ3n) is 2.05. The van der Waals surface area contributed by atoms with Crippen molar-refractivity contribution in [2.75, 3.05) is 13.7 Å². The van der Waals surface area contributed by atoms with Crippen molar-refractivity contribution in [3.05, 3.63) is 0 Å². The molecule has 1 N–H and O–H groups in total. The molecule has 1 atom stereocenters. The van der Waals surface area contributed by atoms with E-state index in [0.29, 0.717) is 13.0 Å². The van der Waals surface area contributed by atoms with E-state index >= 15 is 0 Å². The third-order valence-corrected chi connectivity index (χ3v) is 2.05. The van der Waals surface area contributed by atoms with Gasteiger partial charge in [-0.25, -0.2) is 0 Å². The molecule has 11 heavy (non-hydrogen) atoms. The molecule has 1 aliphatic rings. The number of esters is 1. The van der Waals surface area contributed by atoms with E-state index in [1.54, 1.807) is 6.92 Å². The summed E-state index contributed by atoms with van der Waals surface area (Å²) >= 11 is 0. The van der Waals surface area contributed by atoms with Crippen LogP contribution in [0.15, 0.2) is 0 Å². The molecule has 0 aliphatic carbocycles. The van der Waals surface area contributed by atoms with E-state index in [-0.39, 0.29) is 5.91 Å². The number of amides is 1. The molecule has 1 amide bonds. The molecule has 0 saturated carbocycles. The lowest BCUT2D eigenvalue weighted by molar-refractivity contribution is -0.155. The van der Waals surface area contributed by atoms with Gasteiger partial charge in [-0.05, 0) is 13.3 Å². The zero-order valence-electron chi connectivity index (χ0n) is 6.64. The molecule has 0 aromatic rings. The second kappa shape index (κ2) is 2.53. The average molecular weight is 157 g/mol. The van der Waals surface area contributed by atoms with Gasteiger partial charge < -0.3 is 10.1 Å². The summed E-state index contributed by atoms with van der Waals surface area (Å²) in [6.07, 6.45) is 0.526. The Morgan fingerprint density at radius 3 is 2.73 bits per heavy atom. The van der Waals surface area contributed by atoms with Crippen LogP contribution in [0.3, 0.4) is 0 Å². The van der Waals surface area contributed by atoms with Crippen molar-refractivity contribution in [3.8, 4) is 0 Å². The molecule has 1 saturated heterocycles. The molecule has 0 aromatic carbocycles. The third kappa shape index (κ3) is 1.08. The summed E-state index contributed by atoms with van der Waals surface area (Å²) in [6, 6.07) is 0. The lowest BCUT2D eigenvalue weighted by Gasteiger charge is -2.15. The van der Waals surface area contributed by atoms with Gasteiger partial charge in [0.05, 0.1) is 7.11 Å². The molecule has 1 fully saturated rings. The average Bonchev–Trinajstić information content (AvgIpc) is 2.32. The van der Waals surface area contributed by atoms with Crippen molar-refractivity contribution in [2.24, 2.45) is 5.41 Å². The van der Waals surface area contributed by atoms with E-state index in [1.807, 2.05) is 0 Å². The van der Waals surface area contributed by atoms with Crippen LogP contribution in [0, 0.1) is 5.41 Å². The predicted molar refractivity (Wildman–Crippen MR) is 37.7 cm³/mol. The van der Waals surface area contributed by atoms with Crippen molar-refractivity contribution in [1.29, 1.82) is 0 Å². The quantitative estimate of drug-likeness (QED) is 0.419. The first kappa shape index (κ1) is 8.04. The minimum atomic E-state index is -0.950. The number of hydrogen-bond donors (Lipinski definition) is 1. The Balaban J connectivity index is 2.80. The zero-order valence-corrected chi connectivity index (χ0v) is 6.64. The van der Waals surface area contributed by atoms with Crippen LogP contribution in [0.5, 0.6) is 0 Å². The number of hydrogen-bond acceptors (Lipinski definition) is 3. The monoisotopic (exact) mass is 157 g/mol. The minimum absolute atomic E-state index is 0.232. The topological polar surface area (TPSA) is 55.4 Å². The van der Waals surface area contributed by atoms with Gasteiger partial charge in [-0.3, -0.25) is 9.59 Å². The number of nitrogens with one attached hydrogen (secondary N) is 1. The maximum atomic E-state index is 11.1. The van der Waals surface area contributed by atoms with Gasteiger partial charge in [-0.2, -0.15) is 0 Å². The molecule has 4 heteroatoms. The van der Waals surface area contributed by atoms with E-state index in [0.717, 1.165) is 0 Å². The second-order valence-electron chi connectivity index (χ2n) is 2.83. The molecular formula is C7H11NO3. The minimum Gasteiger partial charge on any atom is -0.468 e. The highest BCUT2D eigenvalue weighted by atomic mass is 16.5. The number of carbonyl (C=O) groups is 2. The molecule has 62 valence electrons. The van der Waals surface area contributed by atoms with Crippen LogP contribution in [0.4, 0.5) is 0 Å². The summed E-state index contributed by atoms with van der Waals surface area (Å²) in [6.45, 7) is 2.16. The van der Waals surface area contributed by atoms with Crippen LogP contribution in [0.25, 0.3) is 0 Å². The highest BCUT2D eigenvalue weighted by molar-refractivity contribution is 6.03. The van der Waals surface area contributed by atoms with Gasteiger partial charge in [-0.15, -0.1) is 0 Å². The van der Waals surface area contributed by atoms with E-state index in [9.17, 15) is 9.59 Å². The molecule has 1 rings (SSSR count). The predicted octanol–water partition coefficient (Wildman–Crippen LogP) is -0.314. The lowest BCUT2D eigenvalue weighted by atomic mass is 9.89. The van der Waals surface area contributed by atoms with Gasteiger partial charge >= 0.3 is 5.97 Å². The Morgan fingerprint density at radius 2 is 2.36 bits per heavy atom. The first-order chi connectivity index (χ1) is 5.11. The van der Waals surface area contributed by atoms with Crippen LogP contribution in [0.2, 0.25) is 0 Å². The first-order valence-corrected chi connectivity index (χ1v) is 3.48. The fourth-order valence-electron chi connectivity index (χ4n) is 1.15. The largest absolute Gasteiger partial charge is 0.468 e. The van der Waals surface area contributed by atoms with E-state index in [4.69, 9.17) is 0 Å². The Bertz CT molecular complexity index is 202. The molecule has 1 heterocycles. The lowest BCUT2D eigenvalue weighted by Crippen LogP contribution is -2.36. The SMILES string of the molecule is COC(=O)[C@@]1(C)CCNC1=O. The van der Waals surface area contributed by atoms with Gasteiger partial charge in [0.1, 0.15) is 5.41 Å². The van der Waals surface area contributed by atoms with E-state index in [2.05, 4.69) is 10.1 Å². The van der Waals surface area contributed by atoms with Gasteiger partial charge in [-0.1, -0.05) is 0 Å². The van der Waals surface area contributed by atoms with Crippen molar-refractivity contribution in [2.45, 2.75) is 13.3 Å². The molecule has 0 spiro atoms. The Hall–Kier alpha value is -1.06. The van der Waals surface area contributed by atoms with Crippen LogP contribution in [-0.4, -0.2) is 25.5 Å². The van der Waals surface area contributed by atoms with Gasteiger partial charge in [0.2, 0.25) is 5.91 Å². The molecule has 0 aromatic heterocycles. The Morgan fingerprint density at radius 1 is 1.73 bits per heavy atom. The molecular weight excluding hydrogens is 146 g/mol. The summed E-state index contributed by atoms with van der Waals surface area (Å²) in [5, 5.41) is 2.59. The fourth-order valence-corrected chi connectivity index (χ4v) is 1.15. The highest BCUT2D eigenvalue weighted by Crippen LogP contribution is 2.26. The molecule has 1 aliphatic heterocycles. The number of ether oxygens (including phenoxy) is 1. The Kier molecular flexibility index (Phi) is 1.85.